The molecule has 8 heteroatoms. The fraction of sp³-hybridized carbons (Fsp3) is 0.105. The molecule has 0 spiro atoms. The number of rotatable bonds is 3. The van der Waals surface area contributed by atoms with E-state index in [1.54, 1.807) is 24.3 Å². The van der Waals surface area contributed by atoms with Crippen molar-refractivity contribution in [3.8, 4) is 11.5 Å². The lowest BCUT2D eigenvalue weighted by Gasteiger charge is -2.07. The molecule has 0 aliphatic carbocycles. The van der Waals surface area contributed by atoms with Gasteiger partial charge in [0.25, 0.3) is 5.91 Å². The van der Waals surface area contributed by atoms with Gasteiger partial charge in [-0.25, -0.2) is 4.79 Å². The van der Waals surface area contributed by atoms with Crippen LogP contribution >= 0.6 is 0 Å². The number of methoxy groups -OCH3 is 1. The first-order valence-corrected chi connectivity index (χ1v) is 7.92. The average molecular weight is 367 g/mol. The summed E-state index contributed by atoms with van der Waals surface area (Å²) in [5, 5.41) is 2.94. The van der Waals surface area contributed by atoms with Crippen LogP contribution in [0.15, 0.2) is 51.7 Å². The minimum absolute atomic E-state index is 0.119. The summed E-state index contributed by atoms with van der Waals surface area (Å²) in [6.45, 7) is 0.119. The second-order valence-corrected chi connectivity index (χ2v) is 5.70. The fourth-order valence-corrected chi connectivity index (χ4v) is 2.68. The zero-order valence-electron chi connectivity index (χ0n) is 14.1. The Morgan fingerprint density at radius 2 is 1.85 bits per heavy atom. The lowest BCUT2D eigenvalue weighted by Crippen LogP contribution is -2.13. The molecule has 0 unspecified atom stereocenters. The van der Waals surface area contributed by atoms with Crippen molar-refractivity contribution in [2.24, 2.45) is 0 Å². The van der Waals surface area contributed by atoms with Gasteiger partial charge >= 0.3 is 5.97 Å². The molecule has 0 atom stereocenters. The number of amides is 1. The molecule has 3 aromatic rings. The van der Waals surface area contributed by atoms with Crippen molar-refractivity contribution < 1.29 is 28.2 Å². The standard InChI is InChI=1S/C19H13NO7/c1-24-19(23)17-8-13(21)12-7-11(3-5-14(12)27-17)20-18(22)10-2-4-15-16(6-10)26-9-25-15/h2-8H,9H2,1H3,(H,20,22). The zero-order valence-corrected chi connectivity index (χ0v) is 14.1. The van der Waals surface area contributed by atoms with Gasteiger partial charge in [0, 0.05) is 17.3 Å². The van der Waals surface area contributed by atoms with Gasteiger partial charge in [0.15, 0.2) is 16.9 Å². The number of carbonyl (C=O) groups is 2. The molecule has 0 radical (unpaired) electrons. The Labute approximate surface area is 152 Å². The van der Waals surface area contributed by atoms with E-state index in [1.165, 1.54) is 19.2 Å². The van der Waals surface area contributed by atoms with Crippen LogP contribution in [0.25, 0.3) is 11.0 Å². The highest BCUT2D eigenvalue weighted by Gasteiger charge is 2.17. The van der Waals surface area contributed by atoms with E-state index in [1.807, 2.05) is 0 Å². The normalized spacial score (nSPS) is 12.0. The van der Waals surface area contributed by atoms with Crippen LogP contribution in [-0.2, 0) is 4.74 Å². The minimum atomic E-state index is -0.741. The molecule has 1 N–H and O–H groups in total. The number of fused-ring (bicyclic) bond motifs is 2. The van der Waals surface area contributed by atoms with Crippen LogP contribution in [0.4, 0.5) is 5.69 Å². The highest BCUT2D eigenvalue weighted by atomic mass is 16.7. The quantitative estimate of drug-likeness (QED) is 0.710. The monoisotopic (exact) mass is 367 g/mol. The van der Waals surface area contributed by atoms with Gasteiger partial charge in [-0.1, -0.05) is 0 Å². The average Bonchev–Trinajstić information content (AvgIpc) is 3.15. The molecule has 2 aromatic carbocycles. The summed E-state index contributed by atoms with van der Waals surface area (Å²) in [6, 6.07) is 10.4. The second-order valence-electron chi connectivity index (χ2n) is 5.70. The van der Waals surface area contributed by atoms with Gasteiger partial charge in [0.2, 0.25) is 12.6 Å². The molecule has 27 heavy (non-hydrogen) atoms. The summed E-state index contributed by atoms with van der Waals surface area (Å²) in [7, 11) is 1.20. The Bertz CT molecular complexity index is 1130. The zero-order chi connectivity index (χ0) is 19.0. The van der Waals surface area contributed by atoms with E-state index in [0.717, 1.165) is 6.07 Å². The first kappa shape index (κ1) is 16.6. The number of esters is 1. The molecule has 1 aromatic heterocycles. The molecule has 0 bridgehead atoms. The topological polar surface area (TPSA) is 104 Å². The van der Waals surface area contributed by atoms with E-state index in [9.17, 15) is 14.4 Å². The predicted molar refractivity (Wildman–Crippen MR) is 94.3 cm³/mol. The third-order valence-corrected chi connectivity index (χ3v) is 4.01. The molecule has 0 saturated carbocycles. The van der Waals surface area contributed by atoms with Gasteiger partial charge in [-0.3, -0.25) is 9.59 Å². The molecule has 136 valence electrons. The van der Waals surface area contributed by atoms with Crippen LogP contribution in [0.3, 0.4) is 0 Å². The molecular weight excluding hydrogens is 354 g/mol. The van der Waals surface area contributed by atoms with Crippen LogP contribution in [-0.4, -0.2) is 25.8 Å². The fourth-order valence-electron chi connectivity index (χ4n) is 2.68. The molecule has 1 amide bonds. The summed E-state index contributed by atoms with van der Waals surface area (Å²) in [5.41, 5.74) is 0.579. The number of ether oxygens (including phenoxy) is 3. The maximum absolute atomic E-state index is 12.4. The molecular formula is C19H13NO7. The molecule has 0 fully saturated rings. The van der Waals surface area contributed by atoms with Crippen molar-refractivity contribution in [1.82, 2.24) is 0 Å². The minimum Gasteiger partial charge on any atom is -0.463 e. The van der Waals surface area contributed by atoms with Crippen LogP contribution in [0.5, 0.6) is 11.5 Å². The largest absolute Gasteiger partial charge is 0.463 e. The summed E-state index contributed by atoms with van der Waals surface area (Å²) in [5.74, 6) is -0.224. The lowest BCUT2D eigenvalue weighted by molar-refractivity contribution is 0.0565. The summed E-state index contributed by atoms with van der Waals surface area (Å²) in [4.78, 5) is 36.2. The smallest absolute Gasteiger partial charge is 0.374 e. The molecule has 1 aliphatic heterocycles. The van der Waals surface area contributed by atoms with Crippen LogP contribution < -0.4 is 20.2 Å². The maximum Gasteiger partial charge on any atom is 0.374 e. The van der Waals surface area contributed by atoms with E-state index in [-0.39, 0.29) is 29.4 Å². The Balaban J connectivity index is 1.62. The van der Waals surface area contributed by atoms with Gasteiger partial charge in [-0.2, -0.15) is 0 Å². The van der Waals surface area contributed by atoms with Crippen molar-refractivity contribution in [3.63, 3.8) is 0 Å². The number of nitrogens with one attached hydrogen (secondary N) is 1. The van der Waals surface area contributed by atoms with Gasteiger partial charge in [-0.15, -0.1) is 0 Å². The van der Waals surface area contributed by atoms with Gasteiger partial charge in [0.05, 0.1) is 12.5 Å². The predicted octanol–water partition coefficient (Wildman–Crippen LogP) is 2.56. The molecule has 4 rings (SSSR count). The van der Waals surface area contributed by atoms with E-state index >= 15 is 0 Å². The summed E-state index contributed by atoms with van der Waals surface area (Å²) >= 11 is 0. The number of hydrogen-bond donors (Lipinski definition) is 1. The Morgan fingerprint density at radius 3 is 2.67 bits per heavy atom. The Hall–Kier alpha value is -3.81. The van der Waals surface area contributed by atoms with Crippen LogP contribution in [0.1, 0.15) is 20.9 Å². The number of anilines is 1. The Kier molecular flexibility index (Phi) is 4.00. The van der Waals surface area contributed by atoms with Crippen molar-refractivity contribution in [3.05, 3.63) is 64.0 Å². The lowest BCUT2D eigenvalue weighted by atomic mass is 10.1. The van der Waals surface area contributed by atoms with E-state index in [0.29, 0.717) is 22.7 Å². The SMILES string of the molecule is COC(=O)c1cc(=O)c2cc(NC(=O)c3ccc4c(c3)OCO4)ccc2o1. The molecule has 0 saturated heterocycles. The van der Waals surface area contributed by atoms with Gasteiger partial charge in [0.1, 0.15) is 5.58 Å². The number of hydrogen-bond acceptors (Lipinski definition) is 7. The van der Waals surface area contributed by atoms with Gasteiger partial charge < -0.3 is 23.9 Å². The first-order chi connectivity index (χ1) is 13.0. The second kappa shape index (κ2) is 6.49. The van der Waals surface area contributed by atoms with Crippen LogP contribution in [0.2, 0.25) is 0 Å². The van der Waals surface area contributed by atoms with Crippen molar-refractivity contribution in [1.29, 1.82) is 0 Å². The number of carbonyl (C=O) groups excluding carboxylic acids is 2. The summed E-state index contributed by atoms with van der Waals surface area (Å²) in [6.07, 6.45) is 0. The highest BCUT2D eigenvalue weighted by Crippen LogP contribution is 2.32. The van der Waals surface area contributed by atoms with Crippen molar-refractivity contribution in [2.45, 2.75) is 0 Å². The van der Waals surface area contributed by atoms with E-state index in [2.05, 4.69) is 10.1 Å². The van der Waals surface area contributed by atoms with Crippen molar-refractivity contribution in [2.75, 3.05) is 19.2 Å². The van der Waals surface area contributed by atoms with Gasteiger partial charge in [-0.05, 0) is 36.4 Å². The first-order valence-electron chi connectivity index (χ1n) is 7.92. The van der Waals surface area contributed by atoms with E-state index < -0.39 is 11.4 Å². The molecule has 8 nitrogen and oxygen atoms in total. The molecule has 1 aliphatic rings. The third-order valence-electron chi connectivity index (χ3n) is 4.01. The number of benzene rings is 2. The maximum atomic E-state index is 12.4. The highest BCUT2D eigenvalue weighted by molar-refractivity contribution is 6.05. The molecule has 2 heterocycles. The third kappa shape index (κ3) is 3.08. The summed E-state index contributed by atoms with van der Waals surface area (Å²) < 4.78 is 20.4. The Morgan fingerprint density at radius 1 is 1.04 bits per heavy atom. The van der Waals surface area contributed by atoms with Crippen LogP contribution in [0, 0.1) is 0 Å². The van der Waals surface area contributed by atoms with E-state index in [4.69, 9.17) is 13.9 Å². The van der Waals surface area contributed by atoms with Crippen molar-refractivity contribution >= 4 is 28.5 Å².